The molecule has 0 aliphatic carbocycles. The smallest absolute Gasteiger partial charge is 0.319 e. The van der Waals surface area contributed by atoms with Gasteiger partial charge in [-0.15, -0.1) is 0 Å². The van der Waals surface area contributed by atoms with E-state index in [4.69, 9.17) is 4.74 Å². The van der Waals surface area contributed by atoms with Gasteiger partial charge >= 0.3 is 6.03 Å². The van der Waals surface area contributed by atoms with E-state index in [1.165, 1.54) is 5.56 Å². The zero-order chi connectivity index (χ0) is 18.7. The summed E-state index contributed by atoms with van der Waals surface area (Å²) < 4.78 is 5.22. The minimum absolute atomic E-state index is 0.0100. The Hall–Kier alpha value is -3.02. The number of amides is 3. The second kappa shape index (κ2) is 7.47. The van der Waals surface area contributed by atoms with E-state index in [-0.39, 0.29) is 24.4 Å². The highest BCUT2D eigenvalue weighted by Gasteiger charge is 2.31. The van der Waals surface area contributed by atoms with Crippen molar-refractivity contribution in [3.63, 3.8) is 0 Å². The third-order valence-electron chi connectivity index (χ3n) is 4.62. The van der Waals surface area contributed by atoms with Gasteiger partial charge in [0.15, 0.2) is 0 Å². The standard InChI is InChI=1S/C20H23N3O3/c1-13-8-9-16(10-14(13)2)23-12-15(11-19(23)24)21-20(25)22-17-6-4-5-7-18(17)26-3/h4-10,15H,11-12H2,1-3H3,(H2,21,22,25)/t15-/m0/s1. The van der Waals surface area contributed by atoms with Crippen LogP contribution >= 0.6 is 0 Å². The van der Waals surface area contributed by atoms with E-state index in [1.807, 2.05) is 44.2 Å². The van der Waals surface area contributed by atoms with Gasteiger partial charge in [0.2, 0.25) is 5.91 Å². The summed E-state index contributed by atoms with van der Waals surface area (Å²) in [7, 11) is 1.55. The van der Waals surface area contributed by atoms with Crippen LogP contribution < -0.4 is 20.3 Å². The number of anilines is 2. The molecule has 1 saturated heterocycles. The number of methoxy groups -OCH3 is 1. The molecule has 0 bridgehead atoms. The molecule has 2 N–H and O–H groups in total. The Morgan fingerprint density at radius 3 is 2.65 bits per heavy atom. The molecule has 6 heteroatoms. The van der Waals surface area contributed by atoms with E-state index >= 15 is 0 Å². The van der Waals surface area contributed by atoms with Crippen molar-refractivity contribution in [1.82, 2.24) is 5.32 Å². The first-order valence-electron chi connectivity index (χ1n) is 8.56. The summed E-state index contributed by atoms with van der Waals surface area (Å²) in [4.78, 5) is 26.4. The van der Waals surface area contributed by atoms with Crippen molar-refractivity contribution >= 4 is 23.3 Å². The molecule has 0 radical (unpaired) electrons. The number of rotatable bonds is 4. The van der Waals surface area contributed by atoms with E-state index in [0.717, 1.165) is 11.3 Å². The fraction of sp³-hybridized carbons (Fsp3) is 0.300. The topological polar surface area (TPSA) is 70.7 Å². The maximum Gasteiger partial charge on any atom is 0.319 e. The van der Waals surface area contributed by atoms with Gasteiger partial charge in [0, 0.05) is 18.7 Å². The molecule has 2 aromatic rings. The average Bonchev–Trinajstić information content (AvgIpc) is 2.98. The number of ether oxygens (including phenoxy) is 1. The number of benzene rings is 2. The lowest BCUT2D eigenvalue weighted by atomic mass is 10.1. The third-order valence-corrected chi connectivity index (χ3v) is 4.62. The van der Waals surface area contributed by atoms with E-state index in [2.05, 4.69) is 10.6 Å². The number of carbonyl (C=O) groups is 2. The van der Waals surface area contributed by atoms with E-state index < -0.39 is 0 Å². The van der Waals surface area contributed by atoms with Gasteiger partial charge in [-0.2, -0.15) is 0 Å². The summed E-state index contributed by atoms with van der Waals surface area (Å²) in [6.45, 7) is 4.52. The molecule has 2 aromatic carbocycles. The zero-order valence-corrected chi connectivity index (χ0v) is 15.2. The first kappa shape index (κ1) is 17.8. The second-order valence-corrected chi connectivity index (χ2v) is 6.47. The van der Waals surface area contributed by atoms with Crippen LogP contribution in [0.15, 0.2) is 42.5 Å². The summed E-state index contributed by atoms with van der Waals surface area (Å²) in [6.07, 6.45) is 0.284. The Morgan fingerprint density at radius 1 is 1.15 bits per heavy atom. The predicted molar refractivity (Wildman–Crippen MR) is 102 cm³/mol. The van der Waals surface area contributed by atoms with Crippen LogP contribution in [0.5, 0.6) is 5.75 Å². The van der Waals surface area contributed by atoms with Crippen LogP contribution in [0.3, 0.4) is 0 Å². The van der Waals surface area contributed by atoms with Crippen LogP contribution in [0.4, 0.5) is 16.2 Å². The molecule has 6 nitrogen and oxygen atoms in total. The SMILES string of the molecule is COc1ccccc1NC(=O)N[C@H]1CC(=O)N(c2ccc(C)c(C)c2)C1. The van der Waals surface area contributed by atoms with Gasteiger partial charge < -0.3 is 20.3 Å². The molecule has 1 fully saturated rings. The quantitative estimate of drug-likeness (QED) is 0.886. The maximum atomic E-state index is 12.4. The minimum Gasteiger partial charge on any atom is -0.495 e. The predicted octanol–water partition coefficient (Wildman–Crippen LogP) is 3.24. The van der Waals surface area contributed by atoms with Crippen molar-refractivity contribution in [2.24, 2.45) is 0 Å². The minimum atomic E-state index is -0.353. The van der Waals surface area contributed by atoms with Crippen molar-refractivity contribution in [3.8, 4) is 5.75 Å². The highest BCUT2D eigenvalue weighted by molar-refractivity contribution is 5.98. The highest BCUT2D eigenvalue weighted by Crippen LogP contribution is 2.25. The van der Waals surface area contributed by atoms with Gasteiger partial charge in [-0.05, 0) is 49.2 Å². The molecular formula is C20H23N3O3. The van der Waals surface area contributed by atoms with Gasteiger partial charge in [0.05, 0.1) is 18.8 Å². The number of hydrogen-bond acceptors (Lipinski definition) is 3. The van der Waals surface area contributed by atoms with Crippen LogP contribution in [0, 0.1) is 13.8 Å². The number of hydrogen-bond donors (Lipinski definition) is 2. The Kier molecular flexibility index (Phi) is 5.11. The van der Waals surface area contributed by atoms with Crippen molar-refractivity contribution in [2.45, 2.75) is 26.3 Å². The summed E-state index contributed by atoms with van der Waals surface area (Å²) in [5, 5.41) is 5.64. The summed E-state index contributed by atoms with van der Waals surface area (Å²) >= 11 is 0. The van der Waals surface area contributed by atoms with Crippen LogP contribution in [-0.2, 0) is 4.79 Å². The third kappa shape index (κ3) is 3.79. The molecule has 3 rings (SSSR count). The van der Waals surface area contributed by atoms with Gasteiger partial charge in [0.25, 0.3) is 0 Å². The van der Waals surface area contributed by atoms with Crippen molar-refractivity contribution in [2.75, 3.05) is 23.9 Å². The number of nitrogens with zero attached hydrogens (tertiary/aromatic N) is 1. The highest BCUT2D eigenvalue weighted by atomic mass is 16.5. The molecule has 26 heavy (non-hydrogen) atoms. The fourth-order valence-corrected chi connectivity index (χ4v) is 3.04. The summed E-state index contributed by atoms with van der Waals surface area (Å²) in [5.74, 6) is 0.595. The molecule has 0 aromatic heterocycles. The van der Waals surface area contributed by atoms with Gasteiger partial charge in [-0.25, -0.2) is 4.79 Å². The largest absolute Gasteiger partial charge is 0.495 e. The Balaban J connectivity index is 1.63. The lowest BCUT2D eigenvalue weighted by Crippen LogP contribution is -2.39. The van der Waals surface area contributed by atoms with E-state index in [9.17, 15) is 9.59 Å². The van der Waals surface area contributed by atoms with Crippen molar-refractivity contribution in [1.29, 1.82) is 0 Å². The molecule has 3 amide bonds. The Labute approximate surface area is 153 Å². The zero-order valence-electron chi connectivity index (χ0n) is 15.2. The molecule has 136 valence electrons. The molecule has 1 heterocycles. The molecule has 1 aliphatic heterocycles. The van der Waals surface area contributed by atoms with Crippen molar-refractivity contribution < 1.29 is 14.3 Å². The first-order chi connectivity index (χ1) is 12.5. The van der Waals surface area contributed by atoms with Crippen LogP contribution in [0.25, 0.3) is 0 Å². The fourth-order valence-electron chi connectivity index (χ4n) is 3.04. The molecule has 0 unspecified atom stereocenters. The second-order valence-electron chi connectivity index (χ2n) is 6.47. The van der Waals surface area contributed by atoms with Crippen LogP contribution in [0.1, 0.15) is 17.5 Å². The average molecular weight is 353 g/mol. The maximum absolute atomic E-state index is 12.4. The van der Waals surface area contributed by atoms with Crippen molar-refractivity contribution in [3.05, 3.63) is 53.6 Å². The summed E-state index contributed by atoms with van der Waals surface area (Å²) in [5.41, 5.74) is 3.78. The first-order valence-corrected chi connectivity index (χ1v) is 8.56. The number of urea groups is 1. The Bertz CT molecular complexity index is 835. The van der Waals surface area contributed by atoms with Gasteiger partial charge in [-0.1, -0.05) is 18.2 Å². The number of aryl methyl sites for hydroxylation is 2. The lowest BCUT2D eigenvalue weighted by Gasteiger charge is -2.19. The van der Waals surface area contributed by atoms with Gasteiger partial charge in [0.1, 0.15) is 5.75 Å². The molecule has 1 atom stereocenters. The monoisotopic (exact) mass is 353 g/mol. The molecule has 0 saturated carbocycles. The Morgan fingerprint density at radius 2 is 1.92 bits per heavy atom. The normalized spacial score (nSPS) is 16.5. The molecule has 1 aliphatic rings. The molecule has 0 spiro atoms. The van der Waals surface area contributed by atoms with E-state index in [0.29, 0.717) is 18.0 Å². The number of para-hydroxylation sites is 2. The number of nitrogens with one attached hydrogen (secondary N) is 2. The van der Waals surface area contributed by atoms with Gasteiger partial charge in [-0.3, -0.25) is 4.79 Å². The van der Waals surface area contributed by atoms with Crippen LogP contribution in [0.2, 0.25) is 0 Å². The van der Waals surface area contributed by atoms with Crippen LogP contribution in [-0.4, -0.2) is 31.6 Å². The lowest BCUT2D eigenvalue weighted by molar-refractivity contribution is -0.117. The van der Waals surface area contributed by atoms with E-state index in [1.54, 1.807) is 24.1 Å². The summed E-state index contributed by atoms with van der Waals surface area (Å²) in [6, 6.07) is 12.6. The number of carbonyl (C=O) groups excluding carboxylic acids is 2. The molecular weight excluding hydrogens is 330 g/mol.